The highest BCUT2D eigenvalue weighted by molar-refractivity contribution is 5.85. The summed E-state index contributed by atoms with van der Waals surface area (Å²) < 4.78 is 20.7. The summed E-state index contributed by atoms with van der Waals surface area (Å²) in [5.41, 5.74) is 3.16. The number of hydrogen-bond acceptors (Lipinski definition) is 8. The Morgan fingerprint density at radius 3 is 2.60 bits per heavy atom. The van der Waals surface area contributed by atoms with Crippen LogP contribution in [0.4, 0.5) is 10.2 Å². The van der Waals surface area contributed by atoms with Crippen LogP contribution in [0.3, 0.4) is 0 Å². The number of nitrogens with zero attached hydrogens (tertiary/aromatic N) is 7. The Balaban J connectivity index is 1.21. The van der Waals surface area contributed by atoms with E-state index in [-0.39, 0.29) is 5.88 Å². The van der Waals surface area contributed by atoms with Gasteiger partial charge in [-0.3, -0.25) is 4.90 Å². The number of fused-ring (bicyclic) bond motifs is 3. The van der Waals surface area contributed by atoms with E-state index in [0.717, 1.165) is 42.0 Å². The summed E-state index contributed by atoms with van der Waals surface area (Å²) in [7, 11) is 1.41. The molecule has 2 atom stereocenters. The molecule has 1 N–H and O–H groups in total. The van der Waals surface area contributed by atoms with Gasteiger partial charge in [0.1, 0.15) is 17.5 Å². The molecule has 202 valence electrons. The molecule has 3 fully saturated rings. The Kier molecular flexibility index (Phi) is 6.38. The SMILES string of the molecule is COc1ncc(CN2C3CC2CN(c2ccc(-c4cc(C#CC(C)(C)O)cn5ncc(C#N)c45)cn2)C3)cc1F. The van der Waals surface area contributed by atoms with Gasteiger partial charge in [-0.05, 0) is 50.1 Å². The number of methoxy groups -OCH3 is 1. The molecule has 0 saturated carbocycles. The van der Waals surface area contributed by atoms with Gasteiger partial charge in [0.2, 0.25) is 5.88 Å². The number of piperazine rings is 1. The Bertz CT molecular complexity index is 1680. The van der Waals surface area contributed by atoms with Gasteiger partial charge < -0.3 is 14.7 Å². The summed E-state index contributed by atoms with van der Waals surface area (Å²) in [5.74, 6) is 6.30. The van der Waals surface area contributed by atoms with Crippen molar-refractivity contribution in [2.75, 3.05) is 25.1 Å². The minimum atomic E-state index is -1.13. The molecule has 9 nitrogen and oxygen atoms in total. The van der Waals surface area contributed by atoms with E-state index < -0.39 is 11.4 Å². The van der Waals surface area contributed by atoms with E-state index in [4.69, 9.17) is 9.72 Å². The van der Waals surface area contributed by atoms with Crippen LogP contribution in [0.1, 0.15) is 37.0 Å². The van der Waals surface area contributed by atoms with Crippen LogP contribution in [0.2, 0.25) is 0 Å². The van der Waals surface area contributed by atoms with Crippen molar-refractivity contribution in [3.8, 4) is 34.9 Å². The molecular formula is C30H28FN7O2. The third-order valence-corrected chi connectivity index (χ3v) is 7.39. The lowest BCUT2D eigenvalue weighted by atomic mass is 9.87. The molecule has 7 rings (SSSR count). The number of ether oxygens (including phenoxy) is 1. The summed E-state index contributed by atoms with van der Waals surface area (Å²) >= 11 is 0. The van der Waals surface area contributed by atoms with Crippen molar-refractivity contribution in [2.45, 2.75) is 44.5 Å². The Morgan fingerprint density at radius 1 is 1.15 bits per heavy atom. The summed E-state index contributed by atoms with van der Waals surface area (Å²) in [4.78, 5) is 13.5. The van der Waals surface area contributed by atoms with Gasteiger partial charge in [-0.25, -0.2) is 18.9 Å². The lowest BCUT2D eigenvalue weighted by Gasteiger charge is -2.56. The first-order valence-electron chi connectivity index (χ1n) is 13.0. The maximum atomic E-state index is 14.1. The van der Waals surface area contributed by atoms with Crippen molar-refractivity contribution in [1.29, 1.82) is 5.26 Å². The molecule has 0 aliphatic carbocycles. The molecule has 2 unspecified atom stereocenters. The van der Waals surface area contributed by atoms with Crippen LogP contribution >= 0.6 is 0 Å². The average Bonchev–Trinajstić information content (AvgIpc) is 3.37. The average molecular weight is 538 g/mol. The largest absolute Gasteiger partial charge is 0.479 e. The first kappa shape index (κ1) is 25.8. The molecule has 7 heterocycles. The zero-order valence-corrected chi connectivity index (χ0v) is 22.5. The van der Waals surface area contributed by atoms with Gasteiger partial charge in [-0.15, -0.1) is 0 Å². The van der Waals surface area contributed by atoms with E-state index in [1.54, 1.807) is 30.8 Å². The molecule has 4 aromatic rings. The minimum absolute atomic E-state index is 0.0137. The van der Waals surface area contributed by atoms with E-state index in [1.165, 1.54) is 19.4 Å². The third kappa shape index (κ3) is 4.84. The maximum Gasteiger partial charge on any atom is 0.250 e. The lowest BCUT2D eigenvalue weighted by molar-refractivity contribution is -0.00884. The highest BCUT2D eigenvalue weighted by Crippen LogP contribution is 2.36. The molecule has 0 aromatic carbocycles. The van der Waals surface area contributed by atoms with Crippen LogP contribution in [0.25, 0.3) is 16.6 Å². The predicted octanol–water partition coefficient (Wildman–Crippen LogP) is 3.40. The molecule has 4 aromatic heterocycles. The normalized spacial score (nSPS) is 18.6. The summed E-state index contributed by atoms with van der Waals surface area (Å²) in [5, 5.41) is 24.0. The minimum Gasteiger partial charge on any atom is -0.479 e. The number of piperidine rings is 1. The quantitative estimate of drug-likeness (QED) is 0.387. The molecule has 40 heavy (non-hydrogen) atoms. The smallest absolute Gasteiger partial charge is 0.250 e. The van der Waals surface area contributed by atoms with Crippen LogP contribution in [-0.4, -0.2) is 67.5 Å². The number of nitriles is 1. The molecule has 0 spiro atoms. The molecule has 3 aliphatic heterocycles. The van der Waals surface area contributed by atoms with Crippen molar-refractivity contribution in [2.24, 2.45) is 0 Å². The first-order valence-corrected chi connectivity index (χ1v) is 13.0. The van der Waals surface area contributed by atoms with Crippen molar-refractivity contribution in [1.82, 2.24) is 24.5 Å². The monoisotopic (exact) mass is 537 g/mol. The number of hydrogen-bond donors (Lipinski definition) is 1. The molecule has 2 bridgehead atoms. The van der Waals surface area contributed by atoms with Crippen molar-refractivity contribution in [3.63, 3.8) is 0 Å². The van der Waals surface area contributed by atoms with Gasteiger partial charge in [0.15, 0.2) is 5.82 Å². The number of anilines is 1. The fraction of sp³-hybridized carbons (Fsp3) is 0.333. The third-order valence-electron chi connectivity index (χ3n) is 7.39. The van der Waals surface area contributed by atoms with Crippen LogP contribution in [0, 0.1) is 29.0 Å². The van der Waals surface area contributed by atoms with Crippen molar-refractivity contribution >= 4 is 11.3 Å². The molecule has 3 aliphatic rings. The first-order chi connectivity index (χ1) is 19.2. The van der Waals surface area contributed by atoms with Gasteiger partial charge in [0.05, 0.1) is 24.4 Å². The number of aliphatic hydroxyl groups is 1. The fourth-order valence-electron chi connectivity index (χ4n) is 5.49. The van der Waals surface area contributed by atoms with Crippen molar-refractivity contribution in [3.05, 3.63) is 71.6 Å². The van der Waals surface area contributed by atoms with Crippen LogP contribution < -0.4 is 9.64 Å². The zero-order valence-electron chi connectivity index (χ0n) is 22.5. The Labute approximate surface area is 231 Å². The fourth-order valence-corrected chi connectivity index (χ4v) is 5.49. The van der Waals surface area contributed by atoms with Gasteiger partial charge in [-0.2, -0.15) is 10.4 Å². The number of halogens is 1. The Hall–Kier alpha value is -4.51. The van der Waals surface area contributed by atoms with E-state index in [9.17, 15) is 14.8 Å². The standard InChI is InChI=1S/C30H28FN7O2/c1-30(2,39)7-6-19-8-25(28-22(11-32)14-35-38(28)16-19)21-4-5-27(33-13-21)36-17-23-10-24(18-36)37(23)15-20-9-26(31)29(40-3)34-12-20/h4-5,8-9,12-14,16,23-24,39H,10,15,17-18H2,1-3H3. The Morgan fingerprint density at radius 2 is 1.95 bits per heavy atom. The maximum absolute atomic E-state index is 14.1. The summed E-state index contributed by atoms with van der Waals surface area (Å²) in [6.07, 6.45) is 7.89. The van der Waals surface area contributed by atoms with Crippen molar-refractivity contribution < 1.29 is 14.2 Å². The van der Waals surface area contributed by atoms with Gasteiger partial charge in [0.25, 0.3) is 0 Å². The van der Waals surface area contributed by atoms with E-state index in [0.29, 0.717) is 35.3 Å². The van der Waals surface area contributed by atoms with Crippen LogP contribution in [0.15, 0.2) is 49.1 Å². The number of aromatic nitrogens is 4. The van der Waals surface area contributed by atoms with E-state index >= 15 is 0 Å². The topological polar surface area (TPSA) is 103 Å². The lowest BCUT2D eigenvalue weighted by Crippen LogP contribution is -2.68. The second-order valence-corrected chi connectivity index (χ2v) is 10.8. The molecular weight excluding hydrogens is 509 g/mol. The molecule has 0 amide bonds. The second kappa shape index (κ2) is 9.91. The van der Waals surface area contributed by atoms with Gasteiger partial charge in [-0.1, -0.05) is 11.8 Å². The van der Waals surface area contributed by atoms with Gasteiger partial charge >= 0.3 is 0 Å². The zero-order chi connectivity index (χ0) is 28.0. The number of rotatable bonds is 5. The number of pyridine rings is 3. The second-order valence-electron chi connectivity index (χ2n) is 10.8. The highest BCUT2D eigenvalue weighted by atomic mass is 19.1. The molecule has 0 radical (unpaired) electrons. The van der Waals surface area contributed by atoms with Gasteiger partial charge in [0, 0.05) is 67.0 Å². The summed E-state index contributed by atoms with van der Waals surface area (Å²) in [6, 6.07) is 10.3. The van der Waals surface area contributed by atoms with E-state index in [2.05, 4.69) is 37.8 Å². The molecule has 10 heteroatoms. The molecule has 3 saturated heterocycles. The highest BCUT2D eigenvalue weighted by Gasteiger charge is 2.44. The van der Waals surface area contributed by atoms with E-state index in [1.807, 2.05) is 24.4 Å². The predicted molar refractivity (Wildman–Crippen MR) is 147 cm³/mol. The summed E-state index contributed by atoms with van der Waals surface area (Å²) in [6.45, 7) is 5.58. The van der Waals surface area contributed by atoms with Crippen LogP contribution in [-0.2, 0) is 6.54 Å². The van der Waals surface area contributed by atoms with Crippen LogP contribution in [0.5, 0.6) is 5.88 Å².